The second-order valence-electron chi connectivity index (χ2n) is 11.0. The average Bonchev–Trinajstić information content (AvgIpc) is 3.49. The highest BCUT2D eigenvalue weighted by molar-refractivity contribution is 7.18. The van der Waals surface area contributed by atoms with Gasteiger partial charge in [0.2, 0.25) is 0 Å². The smallest absolute Gasteiger partial charge is 0.335 e. The standard InChI is InChI=1S/C28H24Cl2FN3O5S/c29-18-9-32-10-19(30)22(18)23-17(25(39-34-23)12-1-2-12)11-38-16-7-14-3-4-15(8-16)28(14,37)27-33-24-20(31)5-13(26(35)36)6-21(24)40-27/h5-6,9-10,12,14-16,37H,1-4,7-8,11H2,(H,35,36)/t14-,15+,16-,28+. The minimum Gasteiger partial charge on any atom is -0.478 e. The molecular weight excluding hydrogens is 580 g/mol. The van der Waals surface area contributed by atoms with Crippen LogP contribution in [0.25, 0.3) is 21.5 Å². The Bertz CT molecular complexity index is 1620. The highest BCUT2D eigenvalue weighted by atomic mass is 35.5. The molecule has 3 aliphatic carbocycles. The molecule has 2 bridgehead atoms. The van der Waals surface area contributed by atoms with Crippen molar-refractivity contribution in [3.8, 4) is 11.3 Å². The van der Waals surface area contributed by atoms with Crippen LogP contribution in [0.5, 0.6) is 0 Å². The third kappa shape index (κ3) is 4.23. The minimum absolute atomic E-state index is 0.0947. The van der Waals surface area contributed by atoms with E-state index in [1.165, 1.54) is 29.8 Å². The summed E-state index contributed by atoms with van der Waals surface area (Å²) in [7, 11) is 0. The van der Waals surface area contributed by atoms with E-state index in [-0.39, 0.29) is 35.6 Å². The SMILES string of the molecule is O=C(O)c1cc(F)c2nc([C@]3(O)[C@@H]4CC[C@H]3C[C@H](OCc3c(-c5c(Cl)cncc5Cl)noc3C3CC3)C4)sc2c1. The van der Waals surface area contributed by atoms with Crippen molar-refractivity contribution in [2.45, 2.75) is 62.8 Å². The fraction of sp³-hybridized carbons (Fsp3) is 0.429. The molecule has 7 rings (SSSR count). The van der Waals surface area contributed by atoms with Crippen LogP contribution >= 0.6 is 34.5 Å². The molecule has 0 saturated heterocycles. The van der Waals surface area contributed by atoms with Crippen LogP contribution in [0.15, 0.2) is 29.0 Å². The maximum absolute atomic E-state index is 14.7. The molecule has 1 aromatic carbocycles. The van der Waals surface area contributed by atoms with Gasteiger partial charge in [-0.1, -0.05) is 28.4 Å². The molecule has 3 aromatic heterocycles. The molecule has 0 spiro atoms. The van der Waals surface area contributed by atoms with Crippen molar-refractivity contribution >= 4 is 50.7 Å². The molecule has 2 N–H and O–H groups in total. The van der Waals surface area contributed by atoms with Crippen LogP contribution in [-0.2, 0) is 16.9 Å². The van der Waals surface area contributed by atoms with E-state index in [2.05, 4.69) is 15.1 Å². The van der Waals surface area contributed by atoms with Crippen molar-refractivity contribution in [2.24, 2.45) is 11.8 Å². The Kier molecular flexibility index (Phi) is 6.40. The van der Waals surface area contributed by atoms with Gasteiger partial charge < -0.3 is 19.5 Å². The monoisotopic (exact) mass is 603 g/mol. The van der Waals surface area contributed by atoms with Crippen LogP contribution in [0, 0.1) is 17.7 Å². The maximum Gasteiger partial charge on any atom is 0.335 e. The molecule has 3 saturated carbocycles. The van der Waals surface area contributed by atoms with E-state index >= 15 is 0 Å². The summed E-state index contributed by atoms with van der Waals surface area (Å²) in [6.07, 6.45) is 7.81. The van der Waals surface area contributed by atoms with E-state index in [0.29, 0.717) is 49.8 Å². The van der Waals surface area contributed by atoms with Crippen LogP contribution in [0.4, 0.5) is 4.39 Å². The van der Waals surface area contributed by atoms with Crippen LogP contribution in [0.3, 0.4) is 0 Å². The van der Waals surface area contributed by atoms with E-state index in [1.54, 1.807) is 0 Å². The van der Waals surface area contributed by atoms with Gasteiger partial charge in [-0.3, -0.25) is 4.98 Å². The lowest BCUT2D eigenvalue weighted by Gasteiger charge is -2.41. The largest absolute Gasteiger partial charge is 0.478 e. The number of carbonyl (C=O) groups is 1. The molecule has 208 valence electrons. The number of rotatable bonds is 7. The first-order chi connectivity index (χ1) is 19.2. The second-order valence-corrected chi connectivity index (χ2v) is 12.8. The number of nitrogens with zero attached hydrogens (tertiary/aromatic N) is 3. The van der Waals surface area contributed by atoms with Gasteiger partial charge in [0.1, 0.15) is 27.6 Å². The number of ether oxygens (including phenoxy) is 1. The molecule has 4 aromatic rings. The fourth-order valence-electron chi connectivity index (χ4n) is 6.43. The third-order valence-corrected chi connectivity index (χ3v) is 10.3. The van der Waals surface area contributed by atoms with Gasteiger partial charge in [0.05, 0.1) is 33.0 Å². The van der Waals surface area contributed by atoms with Crippen molar-refractivity contribution in [3.63, 3.8) is 0 Å². The Labute approximate surface area is 242 Å². The third-order valence-electron chi connectivity index (χ3n) is 8.56. The summed E-state index contributed by atoms with van der Waals surface area (Å²) in [5.74, 6) is -1.04. The fourth-order valence-corrected chi connectivity index (χ4v) is 8.24. The summed E-state index contributed by atoms with van der Waals surface area (Å²) in [4.78, 5) is 19.9. The van der Waals surface area contributed by atoms with Gasteiger partial charge in [-0.2, -0.15) is 0 Å². The van der Waals surface area contributed by atoms with Crippen LogP contribution in [0.1, 0.15) is 71.1 Å². The van der Waals surface area contributed by atoms with E-state index in [9.17, 15) is 19.4 Å². The first kappa shape index (κ1) is 26.3. The van der Waals surface area contributed by atoms with Gasteiger partial charge in [0.15, 0.2) is 5.82 Å². The highest BCUT2D eigenvalue weighted by Crippen LogP contribution is 2.57. The van der Waals surface area contributed by atoms with Crippen molar-refractivity contribution in [2.75, 3.05) is 0 Å². The Morgan fingerprint density at radius 3 is 2.50 bits per heavy atom. The number of aromatic carboxylic acids is 1. The lowest BCUT2D eigenvalue weighted by atomic mass is 9.73. The van der Waals surface area contributed by atoms with Gasteiger partial charge in [-0.15, -0.1) is 11.3 Å². The number of carboxylic acid groups (broad SMARTS) is 1. The lowest BCUT2D eigenvalue weighted by Crippen LogP contribution is -2.44. The van der Waals surface area contributed by atoms with E-state index in [4.69, 9.17) is 32.5 Å². The number of aliphatic hydroxyl groups is 1. The number of thiazole rings is 1. The molecule has 0 amide bonds. The quantitative estimate of drug-likeness (QED) is 0.233. The summed E-state index contributed by atoms with van der Waals surface area (Å²) in [5, 5.41) is 26.8. The summed E-state index contributed by atoms with van der Waals surface area (Å²) < 4.78 is 27.3. The average molecular weight is 604 g/mol. The molecule has 12 heteroatoms. The number of carboxylic acids is 1. The second kappa shape index (κ2) is 9.73. The molecule has 0 radical (unpaired) electrons. The van der Waals surface area contributed by atoms with Crippen LogP contribution < -0.4 is 0 Å². The number of halogens is 3. The van der Waals surface area contributed by atoms with Gasteiger partial charge in [0.25, 0.3) is 0 Å². The summed E-state index contributed by atoms with van der Waals surface area (Å²) in [6, 6.07) is 2.38. The number of benzene rings is 1. The summed E-state index contributed by atoms with van der Waals surface area (Å²) in [5.41, 5.74) is 0.713. The summed E-state index contributed by atoms with van der Waals surface area (Å²) >= 11 is 14.0. The van der Waals surface area contributed by atoms with Crippen molar-refractivity contribution in [3.05, 3.63) is 62.3 Å². The van der Waals surface area contributed by atoms with Crippen LogP contribution in [0.2, 0.25) is 10.0 Å². The Morgan fingerprint density at radius 2 is 1.85 bits per heavy atom. The van der Waals surface area contributed by atoms with Crippen LogP contribution in [-0.4, -0.2) is 37.4 Å². The Balaban J connectivity index is 1.14. The maximum atomic E-state index is 14.7. The molecule has 3 fully saturated rings. The van der Waals surface area contributed by atoms with E-state index < -0.39 is 17.4 Å². The molecule has 3 heterocycles. The zero-order valence-electron chi connectivity index (χ0n) is 21.1. The first-order valence-electron chi connectivity index (χ1n) is 13.2. The number of hydrogen-bond donors (Lipinski definition) is 2. The molecule has 0 unspecified atom stereocenters. The Hall–Kier alpha value is -2.63. The van der Waals surface area contributed by atoms with Crippen molar-refractivity contribution < 1.29 is 28.7 Å². The molecule has 4 atom stereocenters. The van der Waals surface area contributed by atoms with E-state index in [1.807, 2.05) is 0 Å². The van der Waals surface area contributed by atoms with Crippen molar-refractivity contribution in [1.82, 2.24) is 15.1 Å². The number of pyridine rings is 1. The van der Waals surface area contributed by atoms with Gasteiger partial charge in [-0.05, 0) is 62.5 Å². The highest BCUT2D eigenvalue weighted by Gasteiger charge is 2.56. The Morgan fingerprint density at radius 1 is 1.15 bits per heavy atom. The van der Waals surface area contributed by atoms with Gasteiger partial charge in [0, 0.05) is 29.4 Å². The summed E-state index contributed by atoms with van der Waals surface area (Å²) in [6.45, 7) is 0.270. The van der Waals surface area contributed by atoms with E-state index in [0.717, 1.165) is 43.1 Å². The zero-order valence-corrected chi connectivity index (χ0v) is 23.4. The molecular formula is C28H24Cl2FN3O5S. The van der Waals surface area contributed by atoms with Crippen molar-refractivity contribution in [1.29, 1.82) is 0 Å². The lowest BCUT2D eigenvalue weighted by molar-refractivity contribution is -0.116. The molecule has 40 heavy (non-hydrogen) atoms. The molecule has 3 aliphatic rings. The predicted octanol–water partition coefficient (Wildman–Crippen LogP) is 6.96. The molecule has 0 aliphatic heterocycles. The number of aromatic nitrogens is 3. The first-order valence-corrected chi connectivity index (χ1v) is 14.8. The number of hydrogen-bond acceptors (Lipinski definition) is 8. The minimum atomic E-state index is -1.21. The van der Waals surface area contributed by atoms with Gasteiger partial charge in [-0.25, -0.2) is 14.2 Å². The topological polar surface area (TPSA) is 119 Å². The predicted molar refractivity (Wildman–Crippen MR) is 146 cm³/mol. The van der Waals surface area contributed by atoms with Gasteiger partial charge >= 0.3 is 5.97 Å². The molecule has 8 nitrogen and oxygen atoms in total. The zero-order chi connectivity index (χ0) is 27.8. The number of fused-ring (bicyclic) bond motifs is 3. The normalized spacial score (nSPS) is 26.1.